The Hall–Kier alpha value is -7.69. The fourth-order valence-corrected chi connectivity index (χ4v) is 6.53. The Kier molecular flexibility index (Phi) is 16.1. The number of pyridine rings is 2. The van der Waals surface area contributed by atoms with E-state index in [0.29, 0.717) is 56.7 Å². The number of rotatable bonds is 9. The predicted octanol–water partition coefficient (Wildman–Crippen LogP) is 6.44. The van der Waals surface area contributed by atoms with Crippen LogP contribution in [0, 0.1) is 24.8 Å². The van der Waals surface area contributed by atoms with E-state index in [-0.39, 0.29) is 99.3 Å². The molecule has 336 valence electrons. The Balaban J connectivity index is 0.000000279. The maximum Gasteiger partial charge on any atom is 1.00 e. The third kappa shape index (κ3) is 9.55. The molecule has 2 aromatic carbocycles. The van der Waals surface area contributed by atoms with E-state index in [1.165, 1.54) is 43.4 Å². The summed E-state index contributed by atoms with van der Waals surface area (Å²) >= 11 is 0. The molecular weight excluding hydrogens is 868 g/mol. The van der Waals surface area contributed by atoms with Crippen molar-refractivity contribution < 1.29 is 66.9 Å². The van der Waals surface area contributed by atoms with Gasteiger partial charge in [-0.25, -0.2) is 33.2 Å². The predicted molar refractivity (Wildman–Crippen MR) is 244 cm³/mol. The number of aromatic amines is 2. The Morgan fingerprint density at radius 3 is 1.65 bits per heavy atom. The summed E-state index contributed by atoms with van der Waals surface area (Å²) in [7, 11) is 13.4. The molecule has 6 aromatic heterocycles. The van der Waals surface area contributed by atoms with Gasteiger partial charge in [-0.05, 0) is 36.4 Å². The molecule has 0 saturated heterocycles. The topological polar surface area (TPSA) is 231 Å². The Labute approximate surface area is 399 Å². The number of carbonyl (C=O) groups is 1. The van der Waals surface area contributed by atoms with Crippen molar-refractivity contribution in [2.75, 3.05) is 77.4 Å². The van der Waals surface area contributed by atoms with Gasteiger partial charge in [-0.2, -0.15) is 10.2 Å². The van der Waals surface area contributed by atoms with E-state index >= 15 is 4.39 Å². The second-order valence-corrected chi connectivity index (χ2v) is 14.3. The van der Waals surface area contributed by atoms with Gasteiger partial charge in [-0.3, -0.25) is 15.5 Å². The summed E-state index contributed by atoms with van der Waals surface area (Å²) in [5.74, 6) is 1.86. The zero-order chi connectivity index (χ0) is 45.3. The molecule has 0 fully saturated rings. The van der Waals surface area contributed by atoms with Crippen LogP contribution in [-0.2, 0) is 0 Å². The number of hydrogen-bond donors (Lipinski definition) is 4. The maximum absolute atomic E-state index is 15.0. The number of nitrogens with one attached hydrogen (secondary N) is 3. The molecule has 0 bridgehead atoms. The molecule has 2 amide bonds. The van der Waals surface area contributed by atoms with Crippen LogP contribution in [0.25, 0.3) is 76.9 Å². The zero-order valence-corrected chi connectivity index (χ0v) is 38.6. The molecule has 0 radical (unpaired) electrons. The molecule has 0 spiro atoms. The Morgan fingerprint density at radius 1 is 0.742 bits per heavy atom. The number of methoxy groups -OCH3 is 2. The number of nitrogens with zero attached hydrogens (tertiary/aromatic N) is 9. The number of H-pyrrole nitrogens is 2. The number of furan rings is 2. The summed E-state index contributed by atoms with van der Waals surface area (Å²) in [5.41, 5.74) is 8.02. The van der Waals surface area contributed by atoms with Crippen LogP contribution in [-0.4, -0.2) is 103 Å². The van der Waals surface area contributed by atoms with Crippen LogP contribution in [0.4, 0.5) is 48.4 Å². The second-order valence-electron chi connectivity index (χ2n) is 14.3. The van der Waals surface area contributed by atoms with E-state index in [1.54, 1.807) is 60.3 Å². The van der Waals surface area contributed by atoms with Crippen molar-refractivity contribution in [3.8, 4) is 56.7 Å². The normalized spacial score (nSPS) is 10.3. The number of carbonyl (C=O) groups excluding carboxylic acids is 1. The summed E-state index contributed by atoms with van der Waals surface area (Å²) in [4.78, 5) is 33.5. The summed E-state index contributed by atoms with van der Waals surface area (Å²) in [6, 6.07) is 15.2. The van der Waals surface area contributed by atoms with Gasteiger partial charge in [0.2, 0.25) is 11.4 Å². The standard InChI is InChI=1S/C23H22FN7O3.C20H17FN6O2.CH4.Na.H2O/c1-25-20-17(15-9-10-16(34-15)30(2)3)18-21(28-29-22(18)27-23(32)31(4)5)26-19(20)13-8-7-12(33-6)11-14(13)24;1-23-18-15(13-7-8-14(29-13)27(2)3)16-19(22)25-26-20(16)24-17(18)11-6-5-10(28-4)9-12(11)21;;;/h7-11H,2-6H3,(H2,26,27,28,29,32);5-9H,2-4H3,(H3,22,24,25,26);1H4;;1H2/q;;;+1;/p-1. The number of hydrogen-bond acceptors (Lipinski definition) is 13. The van der Waals surface area contributed by atoms with E-state index in [2.05, 4.69) is 45.4 Å². The zero-order valence-electron chi connectivity index (χ0n) is 36.6. The average Bonchev–Trinajstić information content (AvgIpc) is 4.10. The average molecular weight is 912 g/mol. The number of ether oxygens (including phenoxy) is 2. The molecule has 6 N–H and O–H groups in total. The first-order valence-corrected chi connectivity index (χ1v) is 18.7. The van der Waals surface area contributed by atoms with Crippen LogP contribution in [0.15, 0.2) is 69.5 Å². The molecule has 66 heavy (non-hydrogen) atoms. The summed E-state index contributed by atoms with van der Waals surface area (Å²) in [5, 5.41) is 17.3. The Bertz CT molecular complexity index is 3130. The van der Waals surface area contributed by atoms with Gasteiger partial charge < -0.3 is 44.2 Å². The van der Waals surface area contributed by atoms with Crippen molar-refractivity contribution in [2.45, 2.75) is 7.43 Å². The summed E-state index contributed by atoms with van der Waals surface area (Å²) < 4.78 is 51.8. The Morgan fingerprint density at radius 2 is 1.23 bits per heavy atom. The number of benzene rings is 2. The first kappa shape index (κ1) is 50.9. The van der Waals surface area contributed by atoms with Crippen molar-refractivity contribution in [1.82, 2.24) is 35.3 Å². The molecular formula is C44H44F2N13NaO6. The number of urea groups is 1. The number of aromatic nitrogens is 6. The monoisotopic (exact) mass is 911 g/mol. The summed E-state index contributed by atoms with van der Waals surface area (Å²) in [6.45, 7) is 15.7. The number of nitrogen functional groups attached to an aromatic ring is 1. The van der Waals surface area contributed by atoms with Gasteiger partial charge in [0.05, 0.1) is 49.5 Å². The quantitative estimate of drug-likeness (QED) is 0.0904. The molecule has 0 saturated carbocycles. The molecule has 0 atom stereocenters. The van der Waals surface area contributed by atoms with Crippen molar-refractivity contribution in [2.24, 2.45) is 0 Å². The molecule has 6 heterocycles. The van der Waals surface area contributed by atoms with Crippen LogP contribution in [0.5, 0.6) is 11.5 Å². The third-order valence-electron chi connectivity index (χ3n) is 9.66. The number of nitrogens with two attached hydrogens (primary N) is 1. The van der Waals surface area contributed by atoms with E-state index in [0.717, 1.165) is 0 Å². The van der Waals surface area contributed by atoms with E-state index < -0.39 is 17.7 Å². The van der Waals surface area contributed by atoms with Crippen molar-refractivity contribution >= 4 is 62.9 Å². The van der Waals surface area contributed by atoms with Gasteiger partial charge in [-0.1, -0.05) is 7.43 Å². The molecule has 0 unspecified atom stereocenters. The smallest absolute Gasteiger partial charge is 0.870 e. The van der Waals surface area contributed by atoms with Gasteiger partial charge in [-0.15, -0.1) is 0 Å². The van der Waals surface area contributed by atoms with Gasteiger partial charge >= 0.3 is 35.6 Å². The van der Waals surface area contributed by atoms with E-state index in [4.69, 9.17) is 37.2 Å². The minimum Gasteiger partial charge on any atom is -0.870 e. The van der Waals surface area contributed by atoms with Gasteiger partial charge in [0.25, 0.3) is 0 Å². The number of amides is 2. The number of anilines is 4. The molecule has 8 rings (SSSR count). The van der Waals surface area contributed by atoms with Gasteiger partial charge in [0, 0.05) is 88.8 Å². The minimum atomic E-state index is -0.601. The molecule has 19 nitrogen and oxygen atoms in total. The van der Waals surface area contributed by atoms with Crippen molar-refractivity contribution in [1.29, 1.82) is 0 Å². The van der Waals surface area contributed by atoms with E-state index in [9.17, 15) is 9.18 Å². The second kappa shape index (κ2) is 20.9. The van der Waals surface area contributed by atoms with Crippen LogP contribution < -0.4 is 59.9 Å². The number of fused-ring (bicyclic) bond motifs is 2. The molecule has 0 aliphatic heterocycles. The third-order valence-corrected chi connectivity index (χ3v) is 9.66. The summed E-state index contributed by atoms with van der Waals surface area (Å²) in [6.07, 6.45) is 0. The largest absolute Gasteiger partial charge is 1.00 e. The van der Waals surface area contributed by atoms with Crippen LogP contribution in [0.3, 0.4) is 0 Å². The van der Waals surface area contributed by atoms with Gasteiger partial charge in [0.1, 0.15) is 40.5 Å². The first-order chi connectivity index (χ1) is 30.2. The van der Waals surface area contributed by atoms with Crippen molar-refractivity contribution in [3.05, 3.63) is 95.1 Å². The SMILES string of the molecule is C.[C-]#[N+]c1c(-c2ccc(OC)cc2F)nc2[nH]nc(NC(=O)N(C)C)c2c1-c1ccc(N(C)C)o1.[C-]#[N+]c1c(-c2ccc(OC)cc2F)nc2n[nH]c(N)c2c1-c1ccc(N(C)C)o1.[Na+].[OH-]. The fourth-order valence-electron chi connectivity index (χ4n) is 6.53. The maximum atomic E-state index is 15.0. The van der Waals surface area contributed by atoms with Crippen LogP contribution in [0.1, 0.15) is 7.43 Å². The van der Waals surface area contributed by atoms with Crippen LogP contribution >= 0.6 is 0 Å². The molecule has 22 heteroatoms. The van der Waals surface area contributed by atoms with E-state index in [1.807, 2.05) is 28.2 Å². The van der Waals surface area contributed by atoms with Crippen LogP contribution in [0.2, 0.25) is 0 Å². The van der Waals surface area contributed by atoms with Gasteiger partial charge in [0.15, 0.2) is 28.9 Å². The minimum absolute atomic E-state index is 0. The molecule has 0 aliphatic carbocycles. The molecule has 0 aliphatic rings. The van der Waals surface area contributed by atoms with Crippen molar-refractivity contribution in [3.63, 3.8) is 0 Å². The fraction of sp³-hybridized carbons (Fsp3) is 0.205. The molecule has 8 aromatic rings. The first-order valence-electron chi connectivity index (χ1n) is 18.7. The number of halogens is 2.